The summed E-state index contributed by atoms with van der Waals surface area (Å²) in [6.07, 6.45) is 5.35. The molecule has 2 amide bonds. The molecule has 0 bridgehead atoms. The van der Waals surface area contributed by atoms with Crippen LogP contribution in [0.1, 0.15) is 45.5 Å². The molecule has 7 heteroatoms. The fourth-order valence-electron chi connectivity index (χ4n) is 4.77. The Labute approximate surface area is 232 Å². The minimum atomic E-state index is -0.0158. The minimum absolute atomic E-state index is 0.0133. The van der Waals surface area contributed by atoms with Crippen LogP contribution in [0.3, 0.4) is 0 Å². The molecule has 0 spiro atoms. The summed E-state index contributed by atoms with van der Waals surface area (Å²) in [5.74, 6) is 2.06. The number of aromatic nitrogens is 1. The van der Waals surface area contributed by atoms with Crippen LogP contribution in [0.5, 0.6) is 11.5 Å². The van der Waals surface area contributed by atoms with E-state index >= 15 is 0 Å². The second-order valence-corrected chi connectivity index (χ2v) is 11.8. The van der Waals surface area contributed by atoms with Gasteiger partial charge in [0.2, 0.25) is 5.91 Å². The Balaban J connectivity index is 1.31. The van der Waals surface area contributed by atoms with Crippen LogP contribution in [-0.4, -0.2) is 78.4 Å². The molecule has 5 rings (SSSR count). The third-order valence-corrected chi connectivity index (χ3v) is 7.74. The van der Waals surface area contributed by atoms with Crippen LogP contribution in [0.2, 0.25) is 0 Å². The monoisotopic (exact) mass is 511 g/mol. The van der Waals surface area contributed by atoms with Gasteiger partial charge in [-0.15, -0.1) is 0 Å². The molecule has 33 heavy (non-hydrogen) atoms. The van der Waals surface area contributed by atoms with Crippen LogP contribution in [0.4, 0.5) is 5.82 Å². The summed E-state index contributed by atoms with van der Waals surface area (Å²) in [5, 5.41) is 6.05. The number of rotatable bonds is 4. The van der Waals surface area contributed by atoms with E-state index in [1.165, 1.54) is 9.76 Å². The molecule has 3 aromatic rings. The Kier molecular flexibility index (Phi) is 6.79. The van der Waals surface area contributed by atoms with Gasteiger partial charge >= 0.3 is 177 Å². The zero-order valence-corrected chi connectivity index (χ0v) is 23.8. The van der Waals surface area contributed by atoms with E-state index in [9.17, 15) is 9.59 Å². The van der Waals surface area contributed by atoms with Gasteiger partial charge in [-0.05, 0) is 12.5 Å². The van der Waals surface area contributed by atoms with Crippen LogP contribution in [0.25, 0.3) is 0 Å². The predicted molar refractivity (Wildman–Crippen MR) is 128 cm³/mol. The number of aryl methyl sites for hydroxylation is 2. The normalized spacial score (nSPS) is 16.9. The third-order valence-electron chi connectivity index (χ3n) is 6.33. The summed E-state index contributed by atoms with van der Waals surface area (Å²) in [4.78, 5) is 28.8. The molecular formula is C26H24N3O3Rb. The van der Waals surface area contributed by atoms with Crippen LogP contribution in [0.15, 0.2) is 48.7 Å². The first-order chi connectivity index (χ1) is 15.9. The summed E-state index contributed by atoms with van der Waals surface area (Å²) in [5.41, 5.74) is 5.35. The molecule has 0 saturated carbocycles. The van der Waals surface area contributed by atoms with Crippen LogP contribution >= 0.6 is 0 Å². The van der Waals surface area contributed by atoms with Gasteiger partial charge in [0.05, 0.1) is 0 Å². The first-order valence-electron chi connectivity index (χ1n) is 11.4. The summed E-state index contributed by atoms with van der Waals surface area (Å²) < 4.78 is 7.52. The van der Waals surface area contributed by atoms with Crippen molar-refractivity contribution in [3.8, 4) is 11.5 Å². The van der Waals surface area contributed by atoms with Gasteiger partial charge in [0, 0.05) is 18.2 Å². The number of pyridine rings is 1. The van der Waals surface area contributed by atoms with Crippen LogP contribution < -0.4 is 14.0 Å². The average Bonchev–Trinajstić information content (AvgIpc) is 2.78. The van der Waals surface area contributed by atoms with Crippen molar-refractivity contribution in [2.45, 2.75) is 45.1 Å². The first kappa shape index (κ1) is 22.9. The van der Waals surface area contributed by atoms with E-state index < -0.39 is 0 Å². The van der Waals surface area contributed by atoms with Crippen molar-refractivity contribution in [3.63, 3.8) is 0 Å². The van der Waals surface area contributed by atoms with E-state index in [-0.39, 0.29) is 17.9 Å². The molecule has 1 atom stereocenters. The number of carbonyl (C=O) groups is 2. The van der Waals surface area contributed by atoms with Crippen molar-refractivity contribution in [2.24, 2.45) is 0 Å². The number of nitrogens with zero attached hydrogens (tertiary/aromatic N) is 1. The molecule has 2 aromatic carbocycles. The van der Waals surface area contributed by atoms with Gasteiger partial charge in [-0.2, -0.15) is 0 Å². The average molecular weight is 512 g/mol. The Bertz CT molecular complexity index is 1240. The van der Waals surface area contributed by atoms with Crippen molar-refractivity contribution in [1.29, 1.82) is 0 Å². The zero-order chi connectivity index (χ0) is 22.9. The Morgan fingerprint density at radius 2 is 2.00 bits per heavy atom. The molecule has 0 fully saturated rings. The summed E-state index contributed by atoms with van der Waals surface area (Å²) in [7, 11) is 0. The van der Waals surface area contributed by atoms with Crippen molar-refractivity contribution in [1.82, 2.24) is 10.3 Å². The first-order valence-corrected chi connectivity index (χ1v) is 13.9. The number of nitrogens with one attached hydrogen (secondary N) is 2. The van der Waals surface area contributed by atoms with Gasteiger partial charge in [-0.25, -0.2) is 4.98 Å². The van der Waals surface area contributed by atoms with Gasteiger partial charge in [-0.3, -0.25) is 4.79 Å². The maximum absolute atomic E-state index is 12.8. The molecule has 1 aliphatic heterocycles. The van der Waals surface area contributed by atoms with Gasteiger partial charge in [0.1, 0.15) is 5.82 Å². The fourth-order valence-corrected chi connectivity index (χ4v) is 6.66. The molecule has 2 N–H and O–H groups in total. The summed E-state index contributed by atoms with van der Waals surface area (Å²) >= 11 is 0.374. The molecule has 162 valence electrons. The van der Waals surface area contributed by atoms with E-state index in [4.69, 9.17) is 4.74 Å². The molecule has 0 saturated heterocycles. The van der Waals surface area contributed by atoms with Gasteiger partial charge in [0.15, 0.2) is 0 Å². The van der Waals surface area contributed by atoms with Gasteiger partial charge < -0.3 is 5.32 Å². The van der Waals surface area contributed by atoms with Crippen LogP contribution in [-0.2, 0) is 24.1 Å². The molecule has 6 nitrogen and oxygen atoms in total. The number of hydrogen-bond donors (Lipinski definition) is 2. The standard InChI is InChI=1S/C26H24N3O3.Rb/c1-16-3-2-4-18(13-16)26(31)28-20-7-5-17-6-8-21(15-19(17)14-20)32-23-11-12-27-25-22(23)9-10-24(30)29-25;/h3-4,6,8,11-13,15,20H,5,7,9-10,14H2,1H3,(H,28,31)(H,27,29,30);/t20-;/m1./s1. The summed E-state index contributed by atoms with van der Waals surface area (Å²) in [6.45, 7) is 2.04. The fraction of sp³-hybridized carbons (Fsp3) is 0.269. The number of benzene rings is 2. The van der Waals surface area contributed by atoms with E-state index in [2.05, 4.69) is 33.8 Å². The van der Waals surface area contributed by atoms with E-state index in [0.717, 1.165) is 47.5 Å². The Morgan fingerprint density at radius 3 is 2.85 bits per heavy atom. The molecule has 1 aliphatic carbocycles. The van der Waals surface area contributed by atoms with Crippen molar-refractivity contribution in [2.75, 3.05) is 5.32 Å². The van der Waals surface area contributed by atoms with Crippen LogP contribution in [0, 0.1) is 6.92 Å². The number of ether oxygens (including phenoxy) is 1. The second kappa shape index (κ2) is 9.78. The topological polar surface area (TPSA) is 80.3 Å². The number of anilines is 1. The van der Waals surface area contributed by atoms with Crippen molar-refractivity contribution in [3.05, 3.63) is 76.5 Å². The number of hydrogen-bond acceptors (Lipinski definition) is 4. The van der Waals surface area contributed by atoms with Gasteiger partial charge in [-0.1, -0.05) is 0 Å². The van der Waals surface area contributed by atoms with Crippen molar-refractivity contribution >= 4 is 71.8 Å². The molecular weight excluding hydrogens is 488 g/mol. The summed E-state index contributed by atoms with van der Waals surface area (Å²) in [6, 6.07) is 14.3. The van der Waals surface area contributed by atoms with Crippen molar-refractivity contribution < 1.29 is 14.3 Å². The predicted octanol–water partition coefficient (Wildman–Crippen LogP) is 3.15. The molecule has 1 aromatic heterocycles. The van der Waals surface area contributed by atoms with Gasteiger partial charge in [0.25, 0.3) is 0 Å². The SMILES string of the molecule is Cc1c[c]([Rb])cc(C(=O)N[C@@H]2CCc3ccc(Oc4ccnc5c4CCC(=O)N5)cc3C2)c1. The second-order valence-electron chi connectivity index (χ2n) is 9.01. The Hall–Kier alpha value is -1.86. The maximum atomic E-state index is 12.8. The molecule has 2 aliphatic rings. The molecule has 0 unspecified atom stereocenters. The number of fused-ring (bicyclic) bond motifs is 2. The van der Waals surface area contributed by atoms with E-state index in [1.54, 1.807) is 6.20 Å². The number of amides is 2. The number of carbonyl (C=O) groups excluding carboxylic acids is 2. The Morgan fingerprint density at radius 1 is 1.12 bits per heavy atom. The molecule has 0 radical (unpaired) electrons. The third kappa shape index (κ3) is 5.29. The zero-order valence-electron chi connectivity index (χ0n) is 18.9. The quantitative estimate of drug-likeness (QED) is 0.564. The van der Waals surface area contributed by atoms with E-state index in [1.807, 2.05) is 31.2 Å². The van der Waals surface area contributed by atoms with E-state index in [0.29, 0.717) is 74.2 Å². The molecule has 2 heterocycles.